The van der Waals surface area contributed by atoms with E-state index < -0.39 is 29.4 Å². The summed E-state index contributed by atoms with van der Waals surface area (Å²) < 4.78 is 75.6. The van der Waals surface area contributed by atoms with Crippen molar-refractivity contribution in [1.29, 1.82) is 0 Å². The fourth-order valence-electron chi connectivity index (χ4n) is 1.39. The highest BCUT2D eigenvalue weighted by Crippen LogP contribution is 2.36. The normalized spacial score (nSPS) is 12.8. The van der Waals surface area contributed by atoms with Gasteiger partial charge < -0.3 is 4.90 Å². The van der Waals surface area contributed by atoms with Gasteiger partial charge in [0.05, 0.1) is 11.1 Å². The Morgan fingerprint density at radius 2 is 1.38 bits per heavy atom. The molecule has 1 rings (SSSR count). The third kappa shape index (κ3) is 4.80. The smallest absolute Gasteiger partial charge is 0.345 e. The zero-order chi connectivity index (χ0) is 16.4. The Labute approximate surface area is 116 Å². The average molecular weight is 311 g/mol. The van der Waals surface area contributed by atoms with Crippen molar-refractivity contribution in [3.63, 3.8) is 0 Å². The van der Waals surface area contributed by atoms with Gasteiger partial charge in [-0.15, -0.1) is 0 Å². The van der Waals surface area contributed by atoms with Gasteiger partial charge >= 0.3 is 12.4 Å². The minimum Gasteiger partial charge on any atom is -0.345 e. The van der Waals surface area contributed by atoms with E-state index in [-0.39, 0.29) is 11.6 Å². The van der Waals surface area contributed by atoms with Crippen LogP contribution in [0.5, 0.6) is 0 Å². The second-order valence-electron chi connectivity index (χ2n) is 4.41. The first-order valence-electron chi connectivity index (χ1n) is 5.60. The van der Waals surface area contributed by atoms with Gasteiger partial charge in [0.2, 0.25) is 5.91 Å². The summed E-state index contributed by atoms with van der Waals surface area (Å²) >= 11 is 0. The predicted octanol–water partition coefficient (Wildman–Crippen LogP) is 3.83. The number of rotatable bonds is 2. The molecule has 0 saturated heterocycles. The van der Waals surface area contributed by atoms with E-state index in [1.165, 1.54) is 14.1 Å². The van der Waals surface area contributed by atoms with Crippen LogP contribution in [0.25, 0.3) is 6.08 Å². The van der Waals surface area contributed by atoms with Crippen molar-refractivity contribution in [3.05, 3.63) is 41.0 Å². The molecular weight excluding hydrogens is 300 g/mol. The zero-order valence-electron chi connectivity index (χ0n) is 11.0. The van der Waals surface area contributed by atoms with Gasteiger partial charge in [0.15, 0.2) is 0 Å². The summed E-state index contributed by atoms with van der Waals surface area (Å²) in [7, 11) is 2.81. The first-order valence-corrected chi connectivity index (χ1v) is 5.60. The third-order valence-corrected chi connectivity index (χ3v) is 2.47. The van der Waals surface area contributed by atoms with Gasteiger partial charge in [-0.1, -0.05) is 0 Å². The number of amides is 1. The van der Waals surface area contributed by atoms with Crippen LogP contribution in [0.2, 0.25) is 0 Å². The number of halogens is 6. The molecule has 1 aromatic carbocycles. The molecule has 0 spiro atoms. The molecular formula is C13H11F6NO. The van der Waals surface area contributed by atoms with Crippen LogP contribution in [0.1, 0.15) is 16.7 Å². The van der Waals surface area contributed by atoms with Crippen LogP contribution in [-0.4, -0.2) is 24.9 Å². The maximum absolute atomic E-state index is 12.6. The second-order valence-corrected chi connectivity index (χ2v) is 4.41. The van der Waals surface area contributed by atoms with E-state index in [1.807, 2.05) is 0 Å². The lowest BCUT2D eigenvalue weighted by Crippen LogP contribution is -2.18. The highest BCUT2D eigenvalue weighted by atomic mass is 19.4. The fourth-order valence-corrected chi connectivity index (χ4v) is 1.39. The quantitative estimate of drug-likeness (QED) is 0.600. The molecule has 0 heterocycles. The zero-order valence-corrected chi connectivity index (χ0v) is 11.0. The molecule has 2 nitrogen and oxygen atoms in total. The Morgan fingerprint density at radius 1 is 0.952 bits per heavy atom. The minimum absolute atomic E-state index is 0.0328. The number of benzene rings is 1. The highest BCUT2D eigenvalue weighted by molar-refractivity contribution is 5.91. The predicted molar refractivity (Wildman–Crippen MR) is 64.2 cm³/mol. The van der Waals surface area contributed by atoms with Crippen LogP contribution < -0.4 is 0 Å². The van der Waals surface area contributed by atoms with Crippen LogP contribution in [0.3, 0.4) is 0 Å². The molecule has 1 amide bonds. The van der Waals surface area contributed by atoms with E-state index in [4.69, 9.17) is 0 Å². The van der Waals surface area contributed by atoms with Crippen LogP contribution in [0.4, 0.5) is 26.3 Å². The van der Waals surface area contributed by atoms with Crippen molar-refractivity contribution in [2.24, 2.45) is 0 Å². The van der Waals surface area contributed by atoms with Crippen LogP contribution in [0.15, 0.2) is 24.3 Å². The van der Waals surface area contributed by atoms with Crippen molar-refractivity contribution >= 4 is 12.0 Å². The van der Waals surface area contributed by atoms with Gasteiger partial charge in [-0.3, -0.25) is 4.79 Å². The highest BCUT2D eigenvalue weighted by Gasteiger charge is 2.36. The van der Waals surface area contributed by atoms with Crippen molar-refractivity contribution in [2.45, 2.75) is 12.4 Å². The first-order chi connectivity index (χ1) is 9.41. The average Bonchev–Trinajstić information content (AvgIpc) is 2.33. The molecule has 0 saturated carbocycles. The van der Waals surface area contributed by atoms with Crippen LogP contribution in [0, 0.1) is 0 Å². The second kappa shape index (κ2) is 5.79. The number of carbonyl (C=O) groups is 1. The van der Waals surface area contributed by atoms with Gasteiger partial charge in [-0.2, -0.15) is 26.3 Å². The summed E-state index contributed by atoms with van der Waals surface area (Å²) in [6, 6.07) is 1.13. The number of hydrogen-bond acceptors (Lipinski definition) is 1. The summed E-state index contributed by atoms with van der Waals surface area (Å²) in [5, 5.41) is 0. The lowest BCUT2D eigenvalue weighted by Gasteiger charge is -2.13. The van der Waals surface area contributed by atoms with Crippen molar-refractivity contribution in [3.8, 4) is 0 Å². The number of carbonyl (C=O) groups excluding carboxylic acids is 1. The van der Waals surface area contributed by atoms with Crippen molar-refractivity contribution in [1.82, 2.24) is 4.90 Å². The van der Waals surface area contributed by atoms with Gasteiger partial charge in [-0.05, 0) is 29.8 Å². The summed E-state index contributed by atoms with van der Waals surface area (Å²) in [6.07, 6.45) is -8.01. The van der Waals surface area contributed by atoms with Gasteiger partial charge in [0.25, 0.3) is 0 Å². The standard InChI is InChI=1S/C13H11F6NO/c1-20(2)11(21)4-3-8-5-9(12(14,15)16)7-10(6-8)13(17,18)19/h3-7H,1-2H3/b4-3+. The van der Waals surface area contributed by atoms with E-state index in [9.17, 15) is 31.1 Å². The molecule has 0 radical (unpaired) electrons. The SMILES string of the molecule is CN(C)C(=O)/C=C/c1cc(C(F)(F)F)cc(C(F)(F)F)c1. The number of hydrogen-bond donors (Lipinski definition) is 0. The Bertz CT molecular complexity index is 525. The minimum atomic E-state index is -4.91. The first kappa shape index (κ1) is 17.1. The Hall–Kier alpha value is -1.99. The maximum Gasteiger partial charge on any atom is 0.416 e. The molecule has 0 aliphatic heterocycles. The molecule has 1 aromatic rings. The molecule has 116 valence electrons. The number of likely N-dealkylation sites (N-methyl/N-ethyl adjacent to an activating group) is 1. The summed E-state index contributed by atoms with van der Waals surface area (Å²) in [6.45, 7) is 0. The van der Waals surface area contributed by atoms with Gasteiger partial charge in [0, 0.05) is 20.2 Å². The van der Waals surface area contributed by atoms with E-state index in [1.54, 1.807) is 0 Å². The molecule has 0 aromatic heterocycles. The molecule has 0 aliphatic carbocycles. The molecule has 0 fully saturated rings. The van der Waals surface area contributed by atoms with E-state index in [0.29, 0.717) is 12.1 Å². The topological polar surface area (TPSA) is 20.3 Å². The lowest BCUT2D eigenvalue weighted by atomic mass is 10.0. The molecule has 0 atom stereocenters. The monoisotopic (exact) mass is 311 g/mol. The van der Waals surface area contributed by atoms with Crippen LogP contribution >= 0.6 is 0 Å². The van der Waals surface area contributed by atoms with E-state index in [0.717, 1.165) is 17.1 Å². The van der Waals surface area contributed by atoms with Crippen molar-refractivity contribution < 1.29 is 31.1 Å². The third-order valence-electron chi connectivity index (χ3n) is 2.47. The molecule has 0 bridgehead atoms. The summed E-state index contributed by atoms with van der Waals surface area (Å²) in [5.41, 5.74) is -3.20. The molecule has 21 heavy (non-hydrogen) atoms. The summed E-state index contributed by atoms with van der Waals surface area (Å²) in [4.78, 5) is 12.4. The molecule has 0 unspecified atom stereocenters. The van der Waals surface area contributed by atoms with Gasteiger partial charge in [-0.25, -0.2) is 0 Å². The lowest BCUT2D eigenvalue weighted by molar-refractivity contribution is -0.143. The fraction of sp³-hybridized carbons (Fsp3) is 0.308. The summed E-state index contributed by atoms with van der Waals surface area (Å²) in [5.74, 6) is -0.555. The van der Waals surface area contributed by atoms with Crippen molar-refractivity contribution in [2.75, 3.05) is 14.1 Å². The molecule has 8 heteroatoms. The van der Waals surface area contributed by atoms with E-state index >= 15 is 0 Å². The molecule has 0 aliphatic rings. The Morgan fingerprint density at radius 3 is 1.71 bits per heavy atom. The van der Waals surface area contributed by atoms with Gasteiger partial charge in [0.1, 0.15) is 0 Å². The Balaban J connectivity index is 3.30. The Kier molecular flexibility index (Phi) is 4.70. The van der Waals surface area contributed by atoms with Crippen LogP contribution in [-0.2, 0) is 17.1 Å². The largest absolute Gasteiger partial charge is 0.416 e. The number of alkyl halides is 6. The number of nitrogens with zero attached hydrogens (tertiary/aromatic N) is 1. The van der Waals surface area contributed by atoms with E-state index in [2.05, 4.69) is 0 Å². The maximum atomic E-state index is 12.6. The molecule has 0 N–H and O–H groups in total.